The Kier molecular flexibility index (Phi) is 7.75. The molecular weight excluding hydrogens is 376 g/mol. The summed E-state index contributed by atoms with van der Waals surface area (Å²) < 4.78 is 39.4. The van der Waals surface area contributed by atoms with E-state index in [0.29, 0.717) is 17.3 Å². The van der Waals surface area contributed by atoms with Crippen LogP contribution in [0.4, 0.5) is 14.5 Å². The maximum Gasteiger partial charge on any atom is 0.387 e. The molecule has 0 aliphatic rings. The van der Waals surface area contributed by atoms with E-state index in [2.05, 4.69) is 20.6 Å². The second kappa shape index (κ2) is 10.3. The van der Waals surface area contributed by atoms with Crippen molar-refractivity contribution in [3.05, 3.63) is 48.0 Å². The van der Waals surface area contributed by atoms with E-state index in [9.17, 15) is 8.78 Å². The van der Waals surface area contributed by atoms with Gasteiger partial charge in [-0.1, -0.05) is 0 Å². The molecule has 0 aliphatic carbocycles. The van der Waals surface area contributed by atoms with Crippen LogP contribution in [0.1, 0.15) is 12.5 Å². The maximum absolute atomic E-state index is 12.3. The minimum absolute atomic E-state index is 0.0507. The first kappa shape index (κ1) is 20.4. The predicted molar refractivity (Wildman–Crippen MR) is 104 cm³/mol. The van der Waals surface area contributed by atoms with Crippen LogP contribution >= 0.6 is 12.2 Å². The average Bonchev–Trinajstić information content (AvgIpc) is 2.64. The van der Waals surface area contributed by atoms with Crippen LogP contribution in [-0.2, 0) is 0 Å². The first-order valence-corrected chi connectivity index (χ1v) is 8.38. The van der Waals surface area contributed by atoms with Gasteiger partial charge in [0.1, 0.15) is 5.75 Å². The minimum atomic E-state index is -2.92. The van der Waals surface area contributed by atoms with Crippen LogP contribution in [0.5, 0.6) is 17.2 Å². The van der Waals surface area contributed by atoms with Gasteiger partial charge in [-0.05, 0) is 67.2 Å². The molecule has 0 saturated carbocycles. The fourth-order valence-electron chi connectivity index (χ4n) is 2.08. The van der Waals surface area contributed by atoms with E-state index in [-0.39, 0.29) is 11.5 Å². The van der Waals surface area contributed by atoms with Gasteiger partial charge in [0.05, 0.1) is 19.9 Å². The molecule has 0 radical (unpaired) electrons. The van der Waals surface area contributed by atoms with Gasteiger partial charge in [0.2, 0.25) is 0 Å². The molecule has 0 unspecified atom stereocenters. The summed E-state index contributed by atoms with van der Waals surface area (Å²) in [6.45, 7) is -0.411. The Balaban J connectivity index is 1.91. The van der Waals surface area contributed by atoms with Crippen molar-refractivity contribution in [2.45, 2.75) is 13.5 Å². The van der Waals surface area contributed by atoms with Crippen molar-refractivity contribution < 1.29 is 23.0 Å². The van der Waals surface area contributed by atoms with Gasteiger partial charge in [-0.15, -0.1) is 0 Å². The highest BCUT2D eigenvalue weighted by atomic mass is 32.1. The molecule has 0 spiro atoms. The summed E-state index contributed by atoms with van der Waals surface area (Å²) in [5, 5.41) is 7.27. The highest BCUT2D eigenvalue weighted by Crippen LogP contribution is 2.28. The number of nitrogens with one attached hydrogen (secondary N) is 2. The molecule has 0 heterocycles. The quantitative estimate of drug-likeness (QED) is 0.400. The Labute approximate surface area is 161 Å². The molecular formula is C18H19F2N3O3S. The Hall–Kier alpha value is -2.94. The smallest absolute Gasteiger partial charge is 0.387 e. The molecule has 0 aromatic heterocycles. The average molecular weight is 395 g/mol. The maximum atomic E-state index is 12.3. The molecule has 2 aromatic rings. The summed E-state index contributed by atoms with van der Waals surface area (Å²) >= 11 is 5.16. The van der Waals surface area contributed by atoms with Crippen molar-refractivity contribution in [2.24, 2.45) is 5.10 Å². The monoisotopic (exact) mass is 395 g/mol. The Morgan fingerprint density at radius 2 is 1.93 bits per heavy atom. The zero-order valence-electron chi connectivity index (χ0n) is 14.7. The Bertz CT molecular complexity index is 786. The molecule has 2 aromatic carbocycles. The number of halogens is 2. The lowest BCUT2D eigenvalue weighted by atomic mass is 10.2. The summed E-state index contributed by atoms with van der Waals surface area (Å²) in [5.41, 5.74) is 4.06. The predicted octanol–water partition coefficient (Wildman–Crippen LogP) is 4.02. The Morgan fingerprint density at radius 3 is 2.56 bits per heavy atom. The molecule has 6 nitrogen and oxygen atoms in total. The van der Waals surface area contributed by atoms with Crippen molar-refractivity contribution in [3.8, 4) is 17.2 Å². The van der Waals surface area contributed by atoms with Crippen molar-refractivity contribution in [2.75, 3.05) is 19.0 Å². The first-order valence-electron chi connectivity index (χ1n) is 7.97. The highest BCUT2D eigenvalue weighted by molar-refractivity contribution is 7.80. The van der Waals surface area contributed by atoms with Gasteiger partial charge in [0.15, 0.2) is 16.6 Å². The van der Waals surface area contributed by atoms with E-state index in [0.717, 1.165) is 11.4 Å². The number of benzene rings is 2. The van der Waals surface area contributed by atoms with Crippen LogP contribution < -0.4 is 25.0 Å². The first-order chi connectivity index (χ1) is 13.0. The number of methoxy groups -OCH3 is 1. The van der Waals surface area contributed by atoms with Crippen LogP contribution in [0.15, 0.2) is 47.6 Å². The van der Waals surface area contributed by atoms with E-state index in [4.69, 9.17) is 21.7 Å². The van der Waals surface area contributed by atoms with Gasteiger partial charge in [-0.25, -0.2) is 0 Å². The van der Waals surface area contributed by atoms with Crippen LogP contribution in [0.25, 0.3) is 0 Å². The van der Waals surface area contributed by atoms with Crippen LogP contribution in [0.3, 0.4) is 0 Å². The van der Waals surface area contributed by atoms with E-state index in [1.54, 1.807) is 6.07 Å². The molecule has 2 N–H and O–H groups in total. The molecule has 0 fully saturated rings. The zero-order chi connectivity index (χ0) is 19.6. The Morgan fingerprint density at radius 1 is 1.19 bits per heavy atom. The number of alkyl halides is 2. The van der Waals surface area contributed by atoms with Crippen LogP contribution in [0, 0.1) is 0 Å². The van der Waals surface area contributed by atoms with Crippen molar-refractivity contribution >= 4 is 29.2 Å². The van der Waals surface area contributed by atoms with Crippen molar-refractivity contribution in [1.29, 1.82) is 0 Å². The number of hydrogen-bond donors (Lipinski definition) is 2. The normalized spacial score (nSPS) is 10.7. The zero-order valence-corrected chi connectivity index (χ0v) is 15.6. The molecule has 9 heteroatoms. The SMILES string of the molecule is CCOc1ccc(NC(=S)N/N=C\c2ccc(OC(F)F)c(OC)c2)cc1. The number of anilines is 1. The third kappa shape index (κ3) is 6.70. The molecule has 0 bridgehead atoms. The fourth-order valence-corrected chi connectivity index (χ4v) is 2.25. The minimum Gasteiger partial charge on any atom is -0.494 e. The third-order valence-corrected chi connectivity index (χ3v) is 3.40. The van der Waals surface area contributed by atoms with E-state index in [1.165, 1.54) is 25.5 Å². The standard InChI is InChI=1S/C18H19F2N3O3S/c1-3-25-14-7-5-13(6-8-14)22-18(27)23-21-11-12-4-9-15(26-17(19)20)16(10-12)24-2/h4-11,17H,3H2,1-2H3,(H2,22,23,27)/b21-11-. The second-order valence-corrected chi connectivity index (χ2v) is 5.48. The van der Waals surface area contributed by atoms with Crippen molar-refractivity contribution in [3.63, 3.8) is 0 Å². The molecule has 0 amide bonds. The van der Waals surface area contributed by atoms with Gasteiger partial charge >= 0.3 is 6.61 Å². The topological polar surface area (TPSA) is 64.1 Å². The van der Waals surface area contributed by atoms with Crippen molar-refractivity contribution in [1.82, 2.24) is 5.43 Å². The largest absolute Gasteiger partial charge is 0.494 e. The molecule has 0 aliphatic heterocycles. The molecule has 27 heavy (non-hydrogen) atoms. The fraction of sp³-hybridized carbons (Fsp3) is 0.222. The second-order valence-electron chi connectivity index (χ2n) is 5.07. The van der Waals surface area contributed by atoms with E-state index < -0.39 is 6.61 Å². The molecule has 144 valence electrons. The number of thiocarbonyl (C=S) groups is 1. The summed E-state index contributed by atoms with van der Waals surface area (Å²) in [5.74, 6) is 0.896. The lowest BCUT2D eigenvalue weighted by molar-refractivity contribution is -0.0512. The summed E-state index contributed by atoms with van der Waals surface area (Å²) in [4.78, 5) is 0. The lowest BCUT2D eigenvalue weighted by Crippen LogP contribution is -2.23. The van der Waals surface area contributed by atoms with E-state index >= 15 is 0 Å². The molecule has 0 atom stereocenters. The van der Waals surface area contributed by atoms with Crippen LogP contribution in [0.2, 0.25) is 0 Å². The summed E-state index contributed by atoms with van der Waals surface area (Å²) in [6.07, 6.45) is 1.47. The summed E-state index contributed by atoms with van der Waals surface area (Å²) in [6, 6.07) is 11.8. The van der Waals surface area contributed by atoms with Gasteiger partial charge in [-0.2, -0.15) is 13.9 Å². The van der Waals surface area contributed by atoms with E-state index in [1.807, 2.05) is 31.2 Å². The van der Waals surface area contributed by atoms with Crippen LogP contribution in [-0.4, -0.2) is 31.7 Å². The highest BCUT2D eigenvalue weighted by Gasteiger charge is 2.10. The third-order valence-electron chi connectivity index (χ3n) is 3.21. The lowest BCUT2D eigenvalue weighted by Gasteiger charge is -2.10. The number of hydrazone groups is 1. The van der Waals surface area contributed by atoms with Gasteiger partial charge in [0.25, 0.3) is 0 Å². The number of rotatable bonds is 8. The number of hydrogen-bond acceptors (Lipinski definition) is 5. The van der Waals surface area contributed by atoms with Gasteiger partial charge < -0.3 is 19.5 Å². The summed E-state index contributed by atoms with van der Waals surface area (Å²) in [7, 11) is 1.36. The number of nitrogens with zero attached hydrogens (tertiary/aromatic N) is 1. The van der Waals surface area contributed by atoms with Gasteiger partial charge in [-0.3, -0.25) is 5.43 Å². The van der Waals surface area contributed by atoms with Gasteiger partial charge in [0, 0.05) is 5.69 Å². The molecule has 0 saturated heterocycles. The number of ether oxygens (including phenoxy) is 3. The molecule has 2 rings (SSSR count).